The van der Waals surface area contributed by atoms with Crippen LogP contribution in [0.1, 0.15) is 30.6 Å². The molecule has 0 radical (unpaired) electrons. The molecule has 0 aromatic carbocycles. The third-order valence-electron chi connectivity index (χ3n) is 2.60. The Morgan fingerprint density at radius 1 is 1.67 bits per heavy atom. The zero-order valence-electron chi connectivity index (χ0n) is 7.62. The van der Waals surface area contributed by atoms with Crippen LogP contribution in [-0.2, 0) is 6.54 Å². The molecule has 0 saturated carbocycles. The van der Waals surface area contributed by atoms with E-state index in [1.807, 2.05) is 12.3 Å². The molecule has 0 saturated heterocycles. The molecule has 2 nitrogen and oxygen atoms in total. The summed E-state index contributed by atoms with van der Waals surface area (Å²) in [4.78, 5) is 6.72. The molecule has 1 unspecified atom stereocenters. The smallest absolute Gasteiger partial charge is 0.0591 e. The molecule has 2 rings (SSSR count). The van der Waals surface area contributed by atoms with E-state index in [1.165, 1.54) is 17.7 Å². The van der Waals surface area contributed by atoms with Crippen LogP contribution in [-0.4, -0.2) is 16.9 Å². The second-order valence-corrected chi connectivity index (χ2v) is 3.38. The van der Waals surface area contributed by atoms with E-state index in [2.05, 4.69) is 29.9 Å². The minimum Gasteiger partial charge on any atom is -0.293 e. The molecule has 0 fully saturated rings. The van der Waals surface area contributed by atoms with Crippen molar-refractivity contribution in [3.8, 4) is 0 Å². The number of hydrogen-bond acceptors (Lipinski definition) is 2. The van der Waals surface area contributed by atoms with Crippen molar-refractivity contribution in [2.75, 3.05) is 7.05 Å². The topological polar surface area (TPSA) is 16.1 Å². The highest BCUT2D eigenvalue weighted by molar-refractivity contribution is 5.27. The first-order valence-electron chi connectivity index (χ1n) is 4.47. The lowest BCUT2D eigenvalue weighted by molar-refractivity contribution is 0.261. The van der Waals surface area contributed by atoms with Gasteiger partial charge in [-0.25, -0.2) is 0 Å². The molecule has 2 heteroatoms. The molecule has 1 aliphatic heterocycles. The van der Waals surface area contributed by atoms with E-state index in [0.29, 0.717) is 6.04 Å². The SMILES string of the molecule is CCC1c2cccnc2CN1C. The van der Waals surface area contributed by atoms with Gasteiger partial charge in [-0.05, 0) is 25.1 Å². The fourth-order valence-electron chi connectivity index (χ4n) is 2.00. The van der Waals surface area contributed by atoms with Crippen LogP contribution in [0.15, 0.2) is 18.3 Å². The molecule has 0 aliphatic carbocycles. The molecule has 0 spiro atoms. The van der Waals surface area contributed by atoms with Gasteiger partial charge in [0.1, 0.15) is 0 Å². The van der Waals surface area contributed by atoms with Gasteiger partial charge in [-0.3, -0.25) is 9.88 Å². The van der Waals surface area contributed by atoms with Gasteiger partial charge in [-0.2, -0.15) is 0 Å². The third-order valence-corrected chi connectivity index (χ3v) is 2.60. The Morgan fingerprint density at radius 2 is 2.50 bits per heavy atom. The molecule has 64 valence electrons. The first kappa shape index (κ1) is 7.74. The van der Waals surface area contributed by atoms with Crippen LogP contribution in [0.3, 0.4) is 0 Å². The van der Waals surface area contributed by atoms with Crippen LogP contribution in [0.2, 0.25) is 0 Å². The predicted octanol–water partition coefficient (Wildman–Crippen LogP) is 1.98. The quantitative estimate of drug-likeness (QED) is 0.627. The highest BCUT2D eigenvalue weighted by atomic mass is 15.2. The maximum atomic E-state index is 4.37. The second kappa shape index (κ2) is 2.87. The van der Waals surface area contributed by atoms with Gasteiger partial charge in [-0.1, -0.05) is 13.0 Å². The van der Waals surface area contributed by atoms with E-state index in [0.717, 1.165) is 6.54 Å². The first-order valence-corrected chi connectivity index (χ1v) is 4.47. The fourth-order valence-corrected chi connectivity index (χ4v) is 2.00. The fraction of sp³-hybridized carbons (Fsp3) is 0.500. The maximum Gasteiger partial charge on any atom is 0.0591 e. The number of pyridine rings is 1. The Morgan fingerprint density at radius 3 is 3.25 bits per heavy atom. The Balaban J connectivity index is 2.40. The molecule has 0 N–H and O–H groups in total. The van der Waals surface area contributed by atoms with Crippen molar-refractivity contribution >= 4 is 0 Å². The largest absolute Gasteiger partial charge is 0.293 e. The van der Waals surface area contributed by atoms with E-state index in [4.69, 9.17) is 0 Å². The lowest BCUT2D eigenvalue weighted by atomic mass is 10.1. The van der Waals surface area contributed by atoms with Crippen LogP contribution in [0.25, 0.3) is 0 Å². The van der Waals surface area contributed by atoms with E-state index >= 15 is 0 Å². The highest BCUT2D eigenvalue weighted by Gasteiger charge is 2.25. The Labute approximate surface area is 73.2 Å². The molecule has 1 atom stereocenters. The highest BCUT2D eigenvalue weighted by Crippen LogP contribution is 2.32. The van der Waals surface area contributed by atoms with Crippen LogP contribution < -0.4 is 0 Å². The summed E-state index contributed by atoms with van der Waals surface area (Å²) in [6.45, 7) is 3.23. The minimum absolute atomic E-state index is 0.591. The van der Waals surface area contributed by atoms with Crippen molar-refractivity contribution in [2.24, 2.45) is 0 Å². The summed E-state index contributed by atoms with van der Waals surface area (Å²) in [6.07, 6.45) is 3.06. The first-order chi connectivity index (χ1) is 5.83. The average molecular weight is 162 g/mol. The van der Waals surface area contributed by atoms with Crippen molar-refractivity contribution in [3.05, 3.63) is 29.6 Å². The zero-order chi connectivity index (χ0) is 8.55. The predicted molar refractivity (Wildman–Crippen MR) is 48.7 cm³/mol. The molecular weight excluding hydrogens is 148 g/mol. The van der Waals surface area contributed by atoms with E-state index in [9.17, 15) is 0 Å². The van der Waals surface area contributed by atoms with Crippen LogP contribution in [0.4, 0.5) is 0 Å². The summed E-state index contributed by atoms with van der Waals surface area (Å²) in [6, 6.07) is 4.81. The molecule has 0 bridgehead atoms. The average Bonchev–Trinajstić information content (AvgIpc) is 2.40. The Kier molecular flexibility index (Phi) is 1.85. The number of nitrogens with zero attached hydrogens (tertiary/aromatic N) is 2. The normalized spacial score (nSPS) is 22.7. The van der Waals surface area contributed by atoms with E-state index < -0.39 is 0 Å². The summed E-state index contributed by atoms with van der Waals surface area (Å²) in [5, 5.41) is 0. The van der Waals surface area contributed by atoms with Gasteiger partial charge >= 0.3 is 0 Å². The van der Waals surface area contributed by atoms with Gasteiger partial charge in [0.05, 0.1) is 5.69 Å². The van der Waals surface area contributed by atoms with E-state index in [1.54, 1.807) is 0 Å². The number of fused-ring (bicyclic) bond motifs is 1. The molecule has 1 aromatic rings. The molecule has 1 aromatic heterocycles. The monoisotopic (exact) mass is 162 g/mol. The summed E-state index contributed by atoms with van der Waals surface area (Å²) in [5.74, 6) is 0. The van der Waals surface area contributed by atoms with Gasteiger partial charge in [0.25, 0.3) is 0 Å². The molecule has 12 heavy (non-hydrogen) atoms. The van der Waals surface area contributed by atoms with Gasteiger partial charge in [0.2, 0.25) is 0 Å². The lowest BCUT2D eigenvalue weighted by Crippen LogP contribution is -2.15. The molecular formula is C10H14N2. The van der Waals surface area contributed by atoms with Crippen LogP contribution in [0.5, 0.6) is 0 Å². The Bertz CT molecular complexity index is 283. The van der Waals surface area contributed by atoms with Crippen molar-refractivity contribution in [2.45, 2.75) is 25.9 Å². The number of rotatable bonds is 1. The molecule has 2 heterocycles. The Hall–Kier alpha value is -0.890. The van der Waals surface area contributed by atoms with Crippen molar-refractivity contribution in [1.82, 2.24) is 9.88 Å². The van der Waals surface area contributed by atoms with Gasteiger partial charge in [0, 0.05) is 18.8 Å². The van der Waals surface area contributed by atoms with Crippen molar-refractivity contribution in [1.29, 1.82) is 0 Å². The number of aromatic nitrogens is 1. The summed E-state index contributed by atoms with van der Waals surface area (Å²) in [5.41, 5.74) is 2.68. The molecule has 0 amide bonds. The van der Waals surface area contributed by atoms with Crippen LogP contribution >= 0.6 is 0 Å². The summed E-state index contributed by atoms with van der Waals surface area (Å²) in [7, 11) is 2.16. The zero-order valence-corrected chi connectivity index (χ0v) is 7.62. The molecule has 1 aliphatic rings. The van der Waals surface area contributed by atoms with E-state index in [-0.39, 0.29) is 0 Å². The summed E-state index contributed by atoms with van der Waals surface area (Å²) >= 11 is 0. The standard InChI is InChI=1S/C10H14N2/c1-3-10-8-5-4-6-11-9(8)7-12(10)2/h4-6,10H,3,7H2,1-2H3. The van der Waals surface area contributed by atoms with Gasteiger partial charge in [0.15, 0.2) is 0 Å². The van der Waals surface area contributed by atoms with Gasteiger partial charge in [-0.15, -0.1) is 0 Å². The third kappa shape index (κ3) is 1.03. The lowest BCUT2D eigenvalue weighted by Gasteiger charge is -2.17. The minimum atomic E-state index is 0.591. The van der Waals surface area contributed by atoms with Crippen molar-refractivity contribution < 1.29 is 0 Å². The number of hydrogen-bond donors (Lipinski definition) is 0. The second-order valence-electron chi connectivity index (χ2n) is 3.38. The summed E-state index contributed by atoms with van der Waals surface area (Å²) < 4.78 is 0. The van der Waals surface area contributed by atoms with Crippen LogP contribution in [0, 0.1) is 0 Å². The van der Waals surface area contributed by atoms with Gasteiger partial charge < -0.3 is 0 Å². The van der Waals surface area contributed by atoms with Crippen molar-refractivity contribution in [3.63, 3.8) is 0 Å². The maximum absolute atomic E-state index is 4.37.